The van der Waals surface area contributed by atoms with Gasteiger partial charge in [0.1, 0.15) is 29.0 Å². The van der Waals surface area contributed by atoms with Gasteiger partial charge in [0.2, 0.25) is 0 Å². The number of aromatic nitrogens is 3. The number of halogens is 2. The van der Waals surface area contributed by atoms with Gasteiger partial charge in [0.05, 0.1) is 20.6 Å². The Balaban J connectivity index is 1.09. The summed E-state index contributed by atoms with van der Waals surface area (Å²) < 4.78 is 37.8. The molecule has 2 atom stereocenters. The molecule has 0 unspecified atom stereocenters. The number of likely N-dealkylation sites (tertiary alicyclic amines) is 1. The quantitative estimate of drug-likeness (QED) is 0.273. The zero-order valence-electron chi connectivity index (χ0n) is 23.8. The Morgan fingerprint density at radius 2 is 1.95 bits per heavy atom. The van der Waals surface area contributed by atoms with E-state index in [1.54, 1.807) is 18.2 Å². The number of hydrogen-bond donors (Lipinski definition) is 1. The SMILES string of the molecule is [2H][C@]1(c2ccc(Cl)cc2F)C=Cc2cccc(C3CCN(Cc4nc5ccc(C(=O)O)nc5n4C[C@@H]4CCO4)CC3)c2O1. The van der Waals surface area contributed by atoms with Gasteiger partial charge in [-0.05, 0) is 74.2 Å². The van der Waals surface area contributed by atoms with Crippen LogP contribution in [-0.4, -0.2) is 56.3 Å². The minimum Gasteiger partial charge on any atom is -0.481 e. The van der Waals surface area contributed by atoms with E-state index >= 15 is 0 Å². The van der Waals surface area contributed by atoms with Crippen LogP contribution in [0.3, 0.4) is 0 Å². The van der Waals surface area contributed by atoms with Gasteiger partial charge in [-0.1, -0.05) is 41.9 Å². The lowest BCUT2D eigenvalue weighted by Gasteiger charge is -2.34. The standard InChI is InChI=1S/C32H30ClFN4O4/c33-21-5-6-24(25(34)16-21)28-9-4-20-2-1-3-23(30(20)42-28)19-10-13-37(14-11-19)18-29-35-26-7-8-27(32(39)40)36-31(26)38(29)17-22-12-15-41-22/h1-9,16,19,22,28H,10-15,17-18H2,(H,39,40)/t22-,28+/m0/s1/i28D. The van der Waals surface area contributed by atoms with Crippen LogP contribution in [0.2, 0.25) is 5.02 Å². The molecular formula is C32H30ClFN4O4. The number of imidazole rings is 1. The number of carboxylic acids is 1. The number of piperidine rings is 1. The first-order valence-corrected chi connectivity index (χ1v) is 14.6. The predicted octanol–water partition coefficient (Wildman–Crippen LogP) is 6.24. The summed E-state index contributed by atoms with van der Waals surface area (Å²) in [5.74, 6) is 0.0234. The van der Waals surface area contributed by atoms with E-state index < -0.39 is 17.9 Å². The molecule has 216 valence electrons. The van der Waals surface area contributed by atoms with Crippen LogP contribution in [0.25, 0.3) is 17.2 Å². The lowest BCUT2D eigenvalue weighted by atomic mass is 9.87. The normalized spacial score (nSPS) is 22.8. The van der Waals surface area contributed by atoms with Crippen molar-refractivity contribution < 1.29 is 25.1 Å². The third-order valence-electron chi connectivity index (χ3n) is 8.36. The molecule has 2 aromatic carbocycles. The summed E-state index contributed by atoms with van der Waals surface area (Å²) in [6.45, 7) is 3.56. The molecule has 3 aliphatic heterocycles. The molecule has 2 saturated heterocycles. The Morgan fingerprint density at radius 1 is 1.12 bits per heavy atom. The fourth-order valence-electron chi connectivity index (χ4n) is 6.00. The molecule has 0 aliphatic carbocycles. The first-order chi connectivity index (χ1) is 20.8. The van der Waals surface area contributed by atoms with Gasteiger partial charge in [-0.25, -0.2) is 19.2 Å². The first-order valence-electron chi connectivity index (χ1n) is 14.7. The van der Waals surface area contributed by atoms with Crippen molar-refractivity contribution in [3.63, 3.8) is 0 Å². The molecule has 7 rings (SSSR count). The number of para-hydroxylation sites is 1. The third kappa shape index (κ3) is 5.17. The topological polar surface area (TPSA) is 89.7 Å². The van der Waals surface area contributed by atoms with E-state index in [1.807, 2.05) is 28.8 Å². The monoisotopic (exact) mass is 589 g/mol. The molecule has 0 saturated carbocycles. The molecule has 2 fully saturated rings. The van der Waals surface area contributed by atoms with Crippen LogP contribution in [0.5, 0.6) is 5.75 Å². The van der Waals surface area contributed by atoms with Crippen LogP contribution in [0.4, 0.5) is 4.39 Å². The number of benzene rings is 2. The maximum absolute atomic E-state index is 14.8. The van der Waals surface area contributed by atoms with Gasteiger partial charge in [0, 0.05) is 22.8 Å². The lowest BCUT2D eigenvalue weighted by molar-refractivity contribution is -0.0593. The second-order valence-corrected chi connectivity index (χ2v) is 11.4. The summed E-state index contributed by atoms with van der Waals surface area (Å²) in [5, 5.41) is 9.74. The number of carboxylic acid groups (broad SMARTS) is 1. The summed E-state index contributed by atoms with van der Waals surface area (Å²) in [7, 11) is 0. The molecule has 4 aromatic rings. The summed E-state index contributed by atoms with van der Waals surface area (Å²) in [5.41, 5.74) is 3.24. The number of aromatic carboxylic acids is 1. The fraction of sp³-hybridized carbons (Fsp3) is 0.344. The van der Waals surface area contributed by atoms with Crippen LogP contribution >= 0.6 is 11.6 Å². The molecular weight excluding hydrogens is 559 g/mol. The van der Waals surface area contributed by atoms with Gasteiger partial charge in [-0.2, -0.15) is 0 Å². The molecule has 5 heterocycles. The predicted molar refractivity (Wildman–Crippen MR) is 156 cm³/mol. The molecule has 42 heavy (non-hydrogen) atoms. The summed E-state index contributed by atoms with van der Waals surface area (Å²) in [6.07, 6.45) is 4.47. The molecule has 0 amide bonds. The highest BCUT2D eigenvalue weighted by Crippen LogP contribution is 2.42. The van der Waals surface area contributed by atoms with Crippen LogP contribution < -0.4 is 4.74 Å². The van der Waals surface area contributed by atoms with Crippen molar-refractivity contribution >= 4 is 34.8 Å². The minimum atomic E-state index is -1.70. The Labute approximate surface area is 248 Å². The molecule has 8 nitrogen and oxygen atoms in total. The highest BCUT2D eigenvalue weighted by Gasteiger charge is 2.29. The molecule has 10 heteroatoms. The number of nitrogens with zero attached hydrogens (tertiary/aromatic N) is 4. The number of hydrogen-bond acceptors (Lipinski definition) is 6. The number of fused-ring (bicyclic) bond motifs is 2. The fourth-order valence-corrected chi connectivity index (χ4v) is 6.16. The smallest absolute Gasteiger partial charge is 0.354 e. The van der Waals surface area contributed by atoms with Crippen molar-refractivity contribution in [1.82, 2.24) is 19.4 Å². The average molecular weight is 590 g/mol. The van der Waals surface area contributed by atoms with Crippen LogP contribution in [0.15, 0.2) is 54.6 Å². The lowest BCUT2D eigenvalue weighted by Crippen LogP contribution is -2.35. The Morgan fingerprint density at radius 3 is 2.69 bits per heavy atom. The van der Waals surface area contributed by atoms with Crippen molar-refractivity contribution in [1.29, 1.82) is 0 Å². The second kappa shape index (κ2) is 11.1. The van der Waals surface area contributed by atoms with E-state index in [2.05, 4.69) is 9.88 Å². The van der Waals surface area contributed by atoms with Crippen LogP contribution in [0.1, 0.15) is 65.6 Å². The van der Waals surface area contributed by atoms with Crippen molar-refractivity contribution in [3.8, 4) is 5.75 Å². The Kier molecular flexibility index (Phi) is 6.86. The molecule has 2 aromatic heterocycles. The maximum Gasteiger partial charge on any atom is 0.354 e. The Bertz CT molecular complexity index is 1750. The average Bonchev–Trinajstić information content (AvgIpc) is 3.30. The van der Waals surface area contributed by atoms with Crippen molar-refractivity contribution in [2.75, 3.05) is 19.7 Å². The summed E-state index contributed by atoms with van der Waals surface area (Å²) in [6, 6.07) is 13.5. The molecule has 0 bridgehead atoms. The zero-order chi connectivity index (χ0) is 29.7. The second-order valence-electron chi connectivity index (χ2n) is 11.0. The molecule has 3 aliphatic rings. The number of pyridine rings is 1. The first kappa shape index (κ1) is 25.9. The summed E-state index contributed by atoms with van der Waals surface area (Å²) >= 11 is 5.95. The zero-order valence-corrected chi connectivity index (χ0v) is 23.6. The van der Waals surface area contributed by atoms with Crippen molar-refractivity contribution in [3.05, 3.63) is 93.7 Å². The summed E-state index contributed by atoms with van der Waals surface area (Å²) in [4.78, 5) is 23.2. The van der Waals surface area contributed by atoms with E-state index in [4.69, 9.17) is 27.4 Å². The number of ether oxygens (including phenoxy) is 2. The number of carbonyl (C=O) groups is 1. The molecule has 0 spiro atoms. The van der Waals surface area contributed by atoms with E-state index in [9.17, 15) is 14.3 Å². The van der Waals surface area contributed by atoms with Crippen LogP contribution in [-0.2, 0) is 17.8 Å². The Hall–Kier alpha value is -3.79. The van der Waals surface area contributed by atoms with Crippen molar-refractivity contribution in [2.24, 2.45) is 0 Å². The third-order valence-corrected chi connectivity index (χ3v) is 8.60. The maximum atomic E-state index is 14.8. The van der Waals surface area contributed by atoms with Crippen LogP contribution in [0, 0.1) is 5.82 Å². The van der Waals surface area contributed by atoms with Gasteiger partial charge >= 0.3 is 5.97 Å². The van der Waals surface area contributed by atoms with Gasteiger partial charge in [0.25, 0.3) is 0 Å². The largest absolute Gasteiger partial charge is 0.481 e. The van der Waals surface area contributed by atoms with Gasteiger partial charge < -0.3 is 19.1 Å². The van der Waals surface area contributed by atoms with Gasteiger partial charge in [0.15, 0.2) is 11.3 Å². The number of rotatable bonds is 7. The minimum absolute atomic E-state index is 0.00528. The van der Waals surface area contributed by atoms with E-state index in [-0.39, 0.29) is 28.3 Å². The van der Waals surface area contributed by atoms with E-state index in [1.165, 1.54) is 18.2 Å². The molecule has 1 N–H and O–H groups in total. The van der Waals surface area contributed by atoms with E-state index in [0.29, 0.717) is 30.0 Å². The highest BCUT2D eigenvalue weighted by atomic mass is 35.5. The highest BCUT2D eigenvalue weighted by molar-refractivity contribution is 6.30. The van der Waals surface area contributed by atoms with Gasteiger partial charge in [-0.3, -0.25) is 4.90 Å². The van der Waals surface area contributed by atoms with E-state index in [0.717, 1.165) is 55.9 Å². The molecule has 0 radical (unpaired) electrons. The van der Waals surface area contributed by atoms with Gasteiger partial charge in [-0.15, -0.1) is 0 Å². The van der Waals surface area contributed by atoms with Crippen molar-refractivity contribution in [2.45, 2.75) is 50.5 Å².